The molecule has 2 aliphatic rings. The van der Waals surface area contributed by atoms with Crippen molar-refractivity contribution in [1.82, 2.24) is 15.2 Å². The highest BCUT2D eigenvalue weighted by atomic mass is 79.9. The quantitative estimate of drug-likeness (QED) is 0.553. The van der Waals surface area contributed by atoms with E-state index in [-0.39, 0.29) is 19.2 Å². The minimum Gasteiger partial charge on any atom is -0.454 e. The standard InChI is InChI=1S/C22H18BrN3O5/c1-22(9-13-2-7-17-18(8-13)31-12-30-17)20(27)26(21(28)25-22)10-16-11-29-19(24-16)14-3-5-15(23)6-4-14/h2-8,11H,9-10,12H2,1H3,(H,25,28). The number of hydrogen-bond acceptors (Lipinski definition) is 6. The largest absolute Gasteiger partial charge is 0.454 e. The average molecular weight is 484 g/mol. The molecule has 2 aliphatic heterocycles. The molecule has 1 saturated heterocycles. The van der Waals surface area contributed by atoms with E-state index in [2.05, 4.69) is 26.2 Å². The predicted octanol–water partition coefficient (Wildman–Crippen LogP) is 3.89. The van der Waals surface area contributed by atoms with Crippen LogP contribution in [0, 0.1) is 0 Å². The Morgan fingerprint density at radius 3 is 2.71 bits per heavy atom. The summed E-state index contributed by atoms with van der Waals surface area (Å²) in [5, 5.41) is 2.81. The number of ether oxygens (including phenoxy) is 2. The lowest BCUT2D eigenvalue weighted by molar-refractivity contribution is -0.131. The maximum Gasteiger partial charge on any atom is 0.325 e. The Bertz CT molecular complexity index is 1180. The highest BCUT2D eigenvalue weighted by Crippen LogP contribution is 2.34. The zero-order chi connectivity index (χ0) is 21.6. The predicted molar refractivity (Wildman–Crippen MR) is 113 cm³/mol. The van der Waals surface area contributed by atoms with E-state index in [4.69, 9.17) is 13.9 Å². The molecule has 2 aromatic carbocycles. The number of imide groups is 1. The first-order valence-electron chi connectivity index (χ1n) is 9.64. The van der Waals surface area contributed by atoms with Gasteiger partial charge in [0.05, 0.1) is 12.2 Å². The van der Waals surface area contributed by atoms with Crippen LogP contribution < -0.4 is 14.8 Å². The minimum atomic E-state index is -1.07. The Morgan fingerprint density at radius 2 is 1.90 bits per heavy atom. The number of fused-ring (bicyclic) bond motifs is 1. The number of carbonyl (C=O) groups excluding carboxylic acids is 2. The second-order valence-corrected chi connectivity index (χ2v) is 8.58. The van der Waals surface area contributed by atoms with Gasteiger partial charge in [-0.05, 0) is 48.9 Å². The van der Waals surface area contributed by atoms with Crippen LogP contribution in [-0.4, -0.2) is 34.2 Å². The smallest absolute Gasteiger partial charge is 0.325 e. The number of hydrogen-bond donors (Lipinski definition) is 1. The second kappa shape index (κ2) is 7.42. The third-order valence-electron chi connectivity index (χ3n) is 5.30. The van der Waals surface area contributed by atoms with Crippen molar-refractivity contribution in [3.8, 4) is 23.0 Å². The molecule has 1 N–H and O–H groups in total. The van der Waals surface area contributed by atoms with Gasteiger partial charge in [-0.2, -0.15) is 0 Å². The molecule has 3 aromatic rings. The Balaban J connectivity index is 1.31. The van der Waals surface area contributed by atoms with E-state index in [9.17, 15) is 9.59 Å². The van der Waals surface area contributed by atoms with Gasteiger partial charge in [-0.25, -0.2) is 9.78 Å². The van der Waals surface area contributed by atoms with Crippen molar-refractivity contribution in [3.05, 3.63) is 64.5 Å². The molecule has 1 atom stereocenters. The summed E-state index contributed by atoms with van der Waals surface area (Å²) >= 11 is 3.39. The molecule has 8 nitrogen and oxygen atoms in total. The number of aromatic nitrogens is 1. The summed E-state index contributed by atoms with van der Waals surface area (Å²) < 4.78 is 17.2. The normalized spacial score (nSPS) is 19.7. The molecule has 0 radical (unpaired) electrons. The Morgan fingerprint density at radius 1 is 1.13 bits per heavy atom. The fourth-order valence-electron chi connectivity index (χ4n) is 3.74. The van der Waals surface area contributed by atoms with E-state index in [0.717, 1.165) is 20.5 Å². The SMILES string of the molecule is CC1(Cc2ccc3c(c2)OCO3)NC(=O)N(Cc2coc(-c3ccc(Br)cc3)n2)C1=O. The Hall–Kier alpha value is -3.33. The van der Waals surface area contributed by atoms with Crippen LogP contribution in [0.15, 0.2) is 57.6 Å². The topological polar surface area (TPSA) is 93.9 Å². The molecule has 31 heavy (non-hydrogen) atoms. The number of amides is 3. The maximum atomic E-state index is 13.1. The van der Waals surface area contributed by atoms with Crippen LogP contribution in [-0.2, 0) is 17.8 Å². The zero-order valence-corrected chi connectivity index (χ0v) is 18.1. The van der Waals surface area contributed by atoms with Crippen LogP contribution in [0.4, 0.5) is 4.79 Å². The maximum absolute atomic E-state index is 13.1. The molecule has 0 saturated carbocycles. The van der Waals surface area contributed by atoms with E-state index >= 15 is 0 Å². The van der Waals surface area contributed by atoms with Gasteiger partial charge in [-0.3, -0.25) is 9.69 Å². The van der Waals surface area contributed by atoms with Crippen LogP contribution in [0.25, 0.3) is 11.5 Å². The molecule has 158 valence electrons. The molecule has 3 amide bonds. The molecular weight excluding hydrogens is 466 g/mol. The van der Waals surface area contributed by atoms with Gasteiger partial charge in [-0.15, -0.1) is 0 Å². The van der Waals surface area contributed by atoms with Gasteiger partial charge in [0, 0.05) is 16.5 Å². The molecular formula is C22H18BrN3O5. The average Bonchev–Trinajstić information content (AvgIpc) is 3.44. The monoisotopic (exact) mass is 483 g/mol. The van der Waals surface area contributed by atoms with E-state index in [1.54, 1.807) is 13.0 Å². The molecule has 1 fully saturated rings. The molecule has 1 unspecified atom stereocenters. The highest BCUT2D eigenvalue weighted by Gasteiger charge is 2.48. The number of benzene rings is 2. The fourth-order valence-corrected chi connectivity index (χ4v) is 4.00. The molecule has 9 heteroatoms. The lowest BCUT2D eigenvalue weighted by atomic mass is 9.92. The summed E-state index contributed by atoms with van der Waals surface area (Å²) in [6.45, 7) is 1.93. The number of nitrogens with one attached hydrogen (secondary N) is 1. The van der Waals surface area contributed by atoms with Crippen molar-refractivity contribution < 1.29 is 23.5 Å². The van der Waals surface area contributed by atoms with Gasteiger partial charge in [-0.1, -0.05) is 22.0 Å². The van der Waals surface area contributed by atoms with E-state index in [0.29, 0.717) is 29.5 Å². The number of halogens is 1. The van der Waals surface area contributed by atoms with Gasteiger partial charge >= 0.3 is 6.03 Å². The number of urea groups is 1. The minimum absolute atomic E-state index is 0.0292. The van der Waals surface area contributed by atoms with Gasteiger partial charge in [0.25, 0.3) is 5.91 Å². The zero-order valence-electron chi connectivity index (χ0n) is 16.6. The third-order valence-corrected chi connectivity index (χ3v) is 5.83. The summed E-state index contributed by atoms with van der Waals surface area (Å²) in [7, 11) is 0. The first kappa shape index (κ1) is 19.6. The summed E-state index contributed by atoms with van der Waals surface area (Å²) in [4.78, 5) is 31.3. The molecule has 5 rings (SSSR count). The van der Waals surface area contributed by atoms with Crippen molar-refractivity contribution in [1.29, 1.82) is 0 Å². The Labute approximate surface area is 186 Å². The van der Waals surface area contributed by atoms with Crippen LogP contribution in [0.2, 0.25) is 0 Å². The molecule has 3 heterocycles. The lowest BCUT2D eigenvalue weighted by Crippen LogP contribution is -2.45. The van der Waals surface area contributed by atoms with E-state index in [1.165, 1.54) is 6.26 Å². The van der Waals surface area contributed by atoms with Crippen LogP contribution in [0.3, 0.4) is 0 Å². The van der Waals surface area contributed by atoms with Crippen molar-refractivity contribution in [2.75, 3.05) is 6.79 Å². The van der Waals surface area contributed by atoms with Crippen molar-refractivity contribution in [3.63, 3.8) is 0 Å². The molecule has 0 spiro atoms. The number of carbonyl (C=O) groups is 2. The van der Waals surface area contributed by atoms with Crippen molar-refractivity contribution in [2.24, 2.45) is 0 Å². The van der Waals surface area contributed by atoms with E-state index < -0.39 is 11.6 Å². The van der Waals surface area contributed by atoms with Gasteiger partial charge in [0.15, 0.2) is 11.5 Å². The summed E-state index contributed by atoms with van der Waals surface area (Å²) in [5.74, 6) is 1.42. The van der Waals surface area contributed by atoms with Gasteiger partial charge < -0.3 is 19.2 Å². The molecule has 0 aliphatic carbocycles. The molecule has 1 aromatic heterocycles. The van der Waals surface area contributed by atoms with Crippen LogP contribution in [0.5, 0.6) is 11.5 Å². The second-order valence-electron chi connectivity index (χ2n) is 7.67. The van der Waals surface area contributed by atoms with Crippen molar-refractivity contribution >= 4 is 27.9 Å². The Kier molecular flexibility index (Phi) is 4.70. The first-order valence-corrected chi connectivity index (χ1v) is 10.4. The molecule has 0 bridgehead atoms. The highest BCUT2D eigenvalue weighted by molar-refractivity contribution is 9.10. The third kappa shape index (κ3) is 3.65. The summed E-state index contributed by atoms with van der Waals surface area (Å²) in [5.41, 5.74) is 1.09. The van der Waals surface area contributed by atoms with Crippen LogP contribution >= 0.6 is 15.9 Å². The van der Waals surface area contributed by atoms with E-state index in [1.807, 2.05) is 36.4 Å². The fraction of sp³-hybridized carbons (Fsp3) is 0.227. The van der Waals surface area contributed by atoms with Gasteiger partial charge in [0.2, 0.25) is 12.7 Å². The number of rotatable bonds is 5. The van der Waals surface area contributed by atoms with Gasteiger partial charge in [0.1, 0.15) is 11.8 Å². The van der Waals surface area contributed by atoms with Crippen molar-refractivity contribution in [2.45, 2.75) is 25.4 Å². The number of oxazole rings is 1. The lowest BCUT2D eigenvalue weighted by Gasteiger charge is -2.21. The first-order chi connectivity index (χ1) is 14.9. The van der Waals surface area contributed by atoms with Crippen LogP contribution in [0.1, 0.15) is 18.2 Å². The summed E-state index contributed by atoms with van der Waals surface area (Å²) in [6.07, 6.45) is 1.79. The number of nitrogens with zero attached hydrogens (tertiary/aromatic N) is 2. The summed E-state index contributed by atoms with van der Waals surface area (Å²) in [6, 6.07) is 12.6.